The second-order valence-electron chi connectivity index (χ2n) is 6.16. The second kappa shape index (κ2) is 4.11. The summed E-state index contributed by atoms with van der Waals surface area (Å²) < 4.78 is 0. The highest BCUT2D eigenvalue weighted by atomic mass is 14.5. The van der Waals surface area contributed by atoms with E-state index in [4.69, 9.17) is 0 Å². The highest BCUT2D eigenvalue weighted by Gasteiger charge is 2.48. The predicted octanol–water partition coefficient (Wildman–Crippen LogP) is 4.89. The van der Waals surface area contributed by atoms with Crippen molar-refractivity contribution < 1.29 is 0 Å². The topological polar surface area (TPSA) is 0 Å². The molecule has 0 saturated heterocycles. The molecule has 3 rings (SSSR count). The molecule has 0 amide bonds. The van der Waals surface area contributed by atoms with Gasteiger partial charge in [0.15, 0.2) is 0 Å². The summed E-state index contributed by atoms with van der Waals surface area (Å²) in [5.74, 6) is 3.14. The average Bonchev–Trinajstić information content (AvgIpc) is 2.69. The highest BCUT2D eigenvalue weighted by Crippen LogP contribution is 2.59. The lowest BCUT2D eigenvalue weighted by molar-refractivity contribution is 0.0503. The van der Waals surface area contributed by atoms with Crippen molar-refractivity contribution in [2.75, 3.05) is 0 Å². The van der Waals surface area contributed by atoms with Gasteiger partial charge in [0.05, 0.1) is 0 Å². The zero-order valence-electron chi connectivity index (χ0n) is 10.1. The van der Waals surface area contributed by atoms with E-state index in [1.807, 2.05) is 5.92 Å². The van der Waals surface area contributed by atoms with Gasteiger partial charge in [-0.25, -0.2) is 0 Å². The Hall–Kier alpha value is 0. The van der Waals surface area contributed by atoms with Crippen LogP contribution in [0.25, 0.3) is 0 Å². The molecular formula is C15H25. The van der Waals surface area contributed by atoms with Gasteiger partial charge < -0.3 is 0 Å². The van der Waals surface area contributed by atoms with Crippen molar-refractivity contribution in [3.8, 4) is 0 Å². The van der Waals surface area contributed by atoms with Crippen LogP contribution < -0.4 is 0 Å². The minimum Gasteiger partial charge on any atom is -0.0533 e. The lowest BCUT2D eigenvalue weighted by Crippen LogP contribution is -2.41. The van der Waals surface area contributed by atoms with Crippen molar-refractivity contribution in [3.05, 3.63) is 5.92 Å². The average molecular weight is 205 g/mol. The maximum atomic E-state index is 2.02. The SMILES string of the molecule is C1CCC([C]2CCCC2)(C2CCC2)CC1. The van der Waals surface area contributed by atoms with E-state index in [0.29, 0.717) is 0 Å². The molecule has 0 aromatic carbocycles. The Labute approximate surface area is 94.8 Å². The van der Waals surface area contributed by atoms with E-state index in [2.05, 4.69) is 0 Å². The first-order valence-electron chi connectivity index (χ1n) is 7.27. The van der Waals surface area contributed by atoms with Crippen LogP contribution in [0, 0.1) is 17.3 Å². The molecule has 0 nitrogen and oxygen atoms in total. The van der Waals surface area contributed by atoms with Gasteiger partial charge in [-0.15, -0.1) is 0 Å². The first-order valence-corrected chi connectivity index (χ1v) is 7.27. The molecule has 0 unspecified atom stereocenters. The van der Waals surface area contributed by atoms with Crippen molar-refractivity contribution in [1.82, 2.24) is 0 Å². The molecule has 1 radical (unpaired) electrons. The first-order chi connectivity index (χ1) is 7.42. The van der Waals surface area contributed by atoms with Crippen LogP contribution in [-0.4, -0.2) is 0 Å². The molecule has 0 atom stereocenters. The standard InChI is InChI=1S/C15H25/c1-4-11-15(12-5-1,14-9-6-10-14)13-7-2-3-8-13/h14H,1-12H2. The van der Waals surface area contributed by atoms with Crippen LogP contribution in [0.15, 0.2) is 0 Å². The zero-order chi connectivity index (χ0) is 10.1. The van der Waals surface area contributed by atoms with Gasteiger partial charge in [0, 0.05) is 0 Å². The maximum Gasteiger partial charge on any atom is -0.0176 e. The third-order valence-corrected chi connectivity index (χ3v) is 5.54. The summed E-state index contributed by atoms with van der Waals surface area (Å²) in [6, 6.07) is 0. The van der Waals surface area contributed by atoms with E-state index < -0.39 is 0 Å². The molecule has 3 saturated carbocycles. The predicted molar refractivity (Wildman–Crippen MR) is 64.6 cm³/mol. The molecule has 0 heterocycles. The van der Waals surface area contributed by atoms with E-state index >= 15 is 0 Å². The van der Waals surface area contributed by atoms with Crippen LogP contribution in [0.5, 0.6) is 0 Å². The minimum atomic E-state index is 0.771. The summed E-state index contributed by atoms with van der Waals surface area (Å²) in [5, 5.41) is 0. The molecule has 0 bridgehead atoms. The molecule has 0 aromatic heterocycles. The van der Waals surface area contributed by atoms with Crippen LogP contribution in [0.1, 0.15) is 77.0 Å². The van der Waals surface area contributed by atoms with Gasteiger partial charge in [0.1, 0.15) is 0 Å². The van der Waals surface area contributed by atoms with Gasteiger partial charge in [0.25, 0.3) is 0 Å². The fraction of sp³-hybridized carbons (Fsp3) is 0.933. The quantitative estimate of drug-likeness (QED) is 0.602. The van der Waals surface area contributed by atoms with Gasteiger partial charge in [-0.3, -0.25) is 0 Å². The minimum absolute atomic E-state index is 0.771. The summed E-state index contributed by atoms with van der Waals surface area (Å²) in [6.45, 7) is 0. The summed E-state index contributed by atoms with van der Waals surface area (Å²) in [5.41, 5.74) is 0.771. The maximum absolute atomic E-state index is 2.02. The summed E-state index contributed by atoms with van der Waals surface area (Å²) in [6.07, 6.45) is 18.3. The van der Waals surface area contributed by atoms with E-state index in [1.165, 1.54) is 51.4 Å². The number of hydrogen-bond donors (Lipinski definition) is 0. The Kier molecular flexibility index (Phi) is 2.79. The number of hydrogen-bond acceptors (Lipinski definition) is 0. The Morgan fingerprint density at radius 3 is 1.93 bits per heavy atom. The van der Waals surface area contributed by atoms with Gasteiger partial charge in [-0.2, -0.15) is 0 Å². The second-order valence-corrected chi connectivity index (χ2v) is 6.16. The van der Waals surface area contributed by atoms with Gasteiger partial charge in [-0.05, 0) is 55.8 Å². The third-order valence-electron chi connectivity index (χ3n) is 5.54. The van der Waals surface area contributed by atoms with Crippen molar-refractivity contribution in [1.29, 1.82) is 0 Å². The molecule has 0 aliphatic heterocycles. The highest BCUT2D eigenvalue weighted by molar-refractivity contribution is 5.14. The van der Waals surface area contributed by atoms with E-state index in [1.54, 1.807) is 25.7 Å². The van der Waals surface area contributed by atoms with Crippen LogP contribution in [0.3, 0.4) is 0 Å². The monoisotopic (exact) mass is 205 g/mol. The third kappa shape index (κ3) is 1.65. The van der Waals surface area contributed by atoms with E-state index in [0.717, 1.165) is 11.3 Å². The summed E-state index contributed by atoms with van der Waals surface area (Å²) in [4.78, 5) is 0. The summed E-state index contributed by atoms with van der Waals surface area (Å²) >= 11 is 0. The Morgan fingerprint density at radius 2 is 1.40 bits per heavy atom. The van der Waals surface area contributed by atoms with Crippen LogP contribution >= 0.6 is 0 Å². The van der Waals surface area contributed by atoms with Gasteiger partial charge in [-0.1, -0.05) is 38.5 Å². The fourth-order valence-electron chi connectivity index (χ4n) is 4.49. The molecule has 15 heavy (non-hydrogen) atoms. The van der Waals surface area contributed by atoms with Crippen molar-refractivity contribution in [2.45, 2.75) is 77.0 Å². The smallest absolute Gasteiger partial charge is 0.0176 e. The molecule has 3 fully saturated rings. The first kappa shape index (κ1) is 10.2. The summed E-state index contributed by atoms with van der Waals surface area (Å²) in [7, 11) is 0. The molecule has 0 aromatic rings. The molecule has 0 spiro atoms. The zero-order valence-corrected chi connectivity index (χ0v) is 10.1. The van der Waals surface area contributed by atoms with Gasteiger partial charge in [0.2, 0.25) is 0 Å². The van der Waals surface area contributed by atoms with Crippen molar-refractivity contribution in [3.63, 3.8) is 0 Å². The van der Waals surface area contributed by atoms with Gasteiger partial charge >= 0.3 is 0 Å². The molecule has 0 heteroatoms. The van der Waals surface area contributed by atoms with Crippen molar-refractivity contribution in [2.24, 2.45) is 11.3 Å². The largest absolute Gasteiger partial charge is 0.0533 e. The lowest BCUT2D eigenvalue weighted by Gasteiger charge is -2.51. The van der Waals surface area contributed by atoms with Crippen LogP contribution in [-0.2, 0) is 0 Å². The normalized spacial score (nSPS) is 32.8. The Balaban J connectivity index is 1.78. The molecular weight excluding hydrogens is 180 g/mol. The lowest BCUT2D eigenvalue weighted by atomic mass is 9.53. The van der Waals surface area contributed by atoms with Crippen LogP contribution in [0.2, 0.25) is 0 Å². The molecule has 3 aliphatic rings. The molecule has 3 aliphatic carbocycles. The Bertz CT molecular complexity index is 202. The van der Waals surface area contributed by atoms with E-state index in [9.17, 15) is 0 Å². The van der Waals surface area contributed by atoms with E-state index in [-0.39, 0.29) is 0 Å². The number of rotatable bonds is 2. The van der Waals surface area contributed by atoms with Crippen molar-refractivity contribution >= 4 is 0 Å². The Morgan fingerprint density at radius 1 is 0.733 bits per heavy atom. The van der Waals surface area contributed by atoms with Crippen LogP contribution in [0.4, 0.5) is 0 Å². The molecule has 0 N–H and O–H groups in total. The molecule has 85 valence electrons. The fourth-order valence-corrected chi connectivity index (χ4v) is 4.49.